The van der Waals surface area contributed by atoms with E-state index in [1.54, 1.807) is 6.20 Å². The summed E-state index contributed by atoms with van der Waals surface area (Å²) in [6, 6.07) is 5.78. The number of hydrogen-bond donors (Lipinski definition) is 1. The van der Waals surface area contributed by atoms with Crippen molar-refractivity contribution >= 4 is 11.7 Å². The Morgan fingerprint density at radius 3 is 2.71 bits per heavy atom. The van der Waals surface area contributed by atoms with Gasteiger partial charge >= 0.3 is 0 Å². The Labute approximate surface area is 205 Å². The minimum atomic E-state index is 0.116. The summed E-state index contributed by atoms with van der Waals surface area (Å²) in [6.45, 7) is 12.0. The standard InChI is InChI=1S/C30H42N2O2/c1-19-10-12-29(3)21(15-19)17-26(33)28-24-9-8-23(30(24,4)13-11-25(28)29)20(2)16-27(34)32-18-22-7-5-6-14-31-22/h5-7,14,20-21,23-25,28H,1,8-13,15-18H2,2-4H3,(H,32,34)/t20-,21?,23?,24+,25+,28?,29?,30?/m1/s1. The van der Waals surface area contributed by atoms with Crippen molar-refractivity contribution in [3.63, 3.8) is 0 Å². The first-order valence-electron chi connectivity index (χ1n) is 13.6. The van der Waals surface area contributed by atoms with E-state index in [1.807, 2.05) is 18.2 Å². The van der Waals surface area contributed by atoms with E-state index in [-0.39, 0.29) is 17.2 Å². The van der Waals surface area contributed by atoms with Crippen LogP contribution in [0, 0.1) is 46.3 Å². The van der Waals surface area contributed by atoms with E-state index in [0.717, 1.165) is 37.8 Å². The number of ketones is 1. The zero-order chi connectivity index (χ0) is 24.1. The summed E-state index contributed by atoms with van der Waals surface area (Å²) in [6.07, 6.45) is 11.2. The van der Waals surface area contributed by atoms with Crippen LogP contribution < -0.4 is 5.32 Å². The van der Waals surface area contributed by atoms with Crippen molar-refractivity contribution in [2.45, 2.75) is 85.1 Å². The monoisotopic (exact) mass is 462 g/mol. The maximum Gasteiger partial charge on any atom is 0.220 e. The number of rotatable bonds is 5. The highest BCUT2D eigenvalue weighted by atomic mass is 16.1. The molecule has 1 aromatic rings. The van der Waals surface area contributed by atoms with Crippen LogP contribution in [-0.4, -0.2) is 16.7 Å². The molecular formula is C30H42N2O2. The van der Waals surface area contributed by atoms with E-state index >= 15 is 0 Å². The van der Waals surface area contributed by atoms with Gasteiger partial charge in [-0.05, 0) is 97.5 Å². The highest BCUT2D eigenvalue weighted by Crippen LogP contribution is 2.67. The second kappa shape index (κ2) is 8.91. The second-order valence-electron chi connectivity index (χ2n) is 12.6. The average Bonchev–Trinajstić information content (AvgIpc) is 3.17. The van der Waals surface area contributed by atoms with Gasteiger partial charge < -0.3 is 5.32 Å². The summed E-state index contributed by atoms with van der Waals surface area (Å²) in [5, 5.41) is 3.07. The third-order valence-corrected chi connectivity index (χ3v) is 10.9. The number of hydrogen-bond acceptors (Lipinski definition) is 3. The van der Waals surface area contributed by atoms with Crippen molar-refractivity contribution in [1.82, 2.24) is 10.3 Å². The fraction of sp³-hybridized carbons (Fsp3) is 0.700. The molecule has 184 valence electrons. The minimum Gasteiger partial charge on any atom is -0.350 e. The van der Waals surface area contributed by atoms with Gasteiger partial charge in [0.2, 0.25) is 5.91 Å². The molecular weight excluding hydrogens is 420 g/mol. The fourth-order valence-corrected chi connectivity index (χ4v) is 9.01. The lowest BCUT2D eigenvalue weighted by atomic mass is 9.44. The molecule has 1 heterocycles. The molecule has 4 heteroatoms. The van der Waals surface area contributed by atoms with Crippen molar-refractivity contribution in [3.8, 4) is 0 Å². The molecule has 4 saturated carbocycles. The molecule has 8 atom stereocenters. The molecule has 4 aliphatic carbocycles. The van der Waals surface area contributed by atoms with E-state index in [2.05, 4.69) is 37.7 Å². The zero-order valence-electron chi connectivity index (χ0n) is 21.3. The average molecular weight is 463 g/mol. The Bertz CT molecular complexity index is 958. The highest BCUT2D eigenvalue weighted by molar-refractivity contribution is 5.83. The first-order chi connectivity index (χ1) is 16.2. The number of carbonyl (C=O) groups excluding carboxylic acids is 2. The first kappa shape index (κ1) is 23.8. The summed E-state index contributed by atoms with van der Waals surface area (Å²) in [7, 11) is 0. The van der Waals surface area contributed by atoms with E-state index in [4.69, 9.17) is 0 Å². The molecule has 1 amide bonds. The highest BCUT2D eigenvalue weighted by Gasteiger charge is 2.62. The Hall–Kier alpha value is -1.97. The van der Waals surface area contributed by atoms with Crippen LogP contribution in [0.1, 0.15) is 84.3 Å². The predicted molar refractivity (Wildman–Crippen MR) is 135 cm³/mol. The summed E-state index contributed by atoms with van der Waals surface area (Å²) in [4.78, 5) is 30.7. The SMILES string of the molecule is C=C1CCC2(C)C(C1)CC(=O)C1[C@@H]2CCC2(C)C([C@H](C)CC(=O)NCc3ccccn3)CC[C@@H]12. The van der Waals surface area contributed by atoms with Crippen LogP contribution in [-0.2, 0) is 16.1 Å². The van der Waals surface area contributed by atoms with Crippen LogP contribution in [0.25, 0.3) is 0 Å². The molecule has 5 rings (SSSR count). The van der Waals surface area contributed by atoms with Crippen LogP contribution in [0.3, 0.4) is 0 Å². The summed E-state index contributed by atoms with van der Waals surface area (Å²) in [5.41, 5.74) is 2.73. The first-order valence-corrected chi connectivity index (χ1v) is 13.6. The zero-order valence-corrected chi connectivity index (χ0v) is 21.3. The van der Waals surface area contributed by atoms with Gasteiger partial charge in [-0.15, -0.1) is 0 Å². The van der Waals surface area contributed by atoms with E-state index in [9.17, 15) is 9.59 Å². The van der Waals surface area contributed by atoms with Crippen molar-refractivity contribution in [1.29, 1.82) is 0 Å². The van der Waals surface area contributed by atoms with Gasteiger partial charge in [-0.3, -0.25) is 14.6 Å². The van der Waals surface area contributed by atoms with Gasteiger partial charge in [0.1, 0.15) is 5.78 Å². The molecule has 0 spiro atoms. The molecule has 0 aromatic carbocycles. The molecule has 34 heavy (non-hydrogen) atoms. The number of nitrogens with one attached hydrogen (secondary N) is 1. The fourth-order valence-electron chi connectivity index (χ4n) is 9.01. The van der Waals surface area contributed by atoms with Gasteiger partial charge in [0.25, 0.3) is 0 Å². The third-order valence-electron chi connectivity index (χ3n) is 10.9. The quantitative estimate of drug-likeness (QED) is 0.537. The van der Waals surface area contributed by atoms with E-state index in [1.165, 1.54) is 24.8 Å². The number of pyridine rings is 1. The van der Waals surface area contributed by atoms with Crippen LogP contribution in [0.2, 0.25) is 0 Å². The molecule has 1 N–H and O–H groups in total. The minimum absolute atomic E-state index is 0.116. The molecule has 4 nitrogen and oxygen atoms in total. The van der Waals surface area contributed by atoms with Crippen molar-refractivity contribution in [3.05, 3.63) is 42.2 Å². The van der Waals surface area contributed by atoms with Gasteiger partial charge in [0, 0.05) is 25.0 Å². The van der Waals surface area contributed by atoms with Crippen LogP contribution in [0.15, 0.2) is 36.5 Å². The number of aromatic nitrogens is 1. The van der Waals surface area contributed by atoms with E-state index in [0.29, 0.717) is 53.8 Å². The Kier molecular flexibility index (Phi) is 6.23. The van der Waals surface area contributed by atoms with Crippen LogP contribution in [0.5, 0.6) is 0 Å². The molecule has 4 aliphatic rings. The van der Waals surface area contributed by atoms with Gasteiger partial charge in [-0.25, -0.2) is 0 Å². The summed E-state index contributed by atoms with van der Waals surface area (Å²) >= 11 is 0. The number of nitrogens with zero attached hydrogens (tertiary/aromatic N) is 1. The molecule has 0 bridgehead atoms. The predicted octanol–water partition coefficient (Wildman–Crippen LogP) is 6.12. The lowest BCUT2D eigenvalue weighted by Gasteiger charge is -2.60. The van der Waals surface area contributed by atoms with E-state index < -0.39 is 0 Å². The number of carbonyl (C=O) groups is 2. The van der Waals surface area contributed by atoms with Crippen LogP contribution >= 0.6 is 0 Å². The maximum absolute atomic E-state index is 13.6. The molecule has 5 unspecified atom stereocenters. The van der Waals surface area contributed by atoms with Crippen molar-refractivity contribution < 1.29 is 9.59 Å². The van der Waals surface area contributed by atoms with Gasteiger partial charge in [0.05, 0.1) is 12.2 Å². The third kappa shape index (κ3) is 3.95. The summed E-state index contributed by atoms with van der Waals surface area (Å²) < 4.78 is 0. The lowest BCUT2D eigenvalue weighted by molar-refractivity contribution is -0.155. The topological polar surface area (TPSA) is 59.1 Å². The van der Waals surface area contributed by atoms with Crippen LogP contribution in [0.4, 0.5) is 0 Å². The molecule has 0 radical (unpaired) electrons. The van der Waals surface area contributed by atoms with Gasteiger partial charge in [-0.2, -0.15) is 0 Å². The molecule has 0 aliphatic heterocycles. The normalized spacial score (nSPS) is 40.1. The Morgan fingerprint density at radius 2 is 1.94 bits per heavy atom. The molecule has 1 aromatic heterocycles. The van der Waals surface area contributed by atoms with Gasteiger partial charge in [-0.1, -0.05) is 39.0 Å². The number of Topliss-reactive ketones (excluding diaryl/α,β-unsaturated/α-hetero) is 1. The lowest BCUT2D eigenvalue weighted by Crippen LogP contribution is -2.56. The molecule has 4 fully saturated rings. The van der Waals surface area contributed by atoms with Gasteiger partial charge in [0.15, 0.2) is 0 Å². The smallest absolute Gasteiger partial charge is 0.220 e. The van der Waals surface area contributed by atoms with Crippen molar-refractivity contribution in [2.75, 3.05) is 0 Å². The molecule has 0 saturated heterocycles. The maximum atomic E-state index is 13.6. The number of allylic oxidation sites excluding steroid dienone is 1. The Balaban J connectivity index is 1.27. The number of fused-ring (bicyclic) bond motifs is 5. The number of amides is 1. The Morgan fingerprint density at radius 1 is 1.15 bits per heavy atom. The second-order valence-corrected chi connectivity index (χ2v) is 12.6. The van der Waals surface area contributed by atoms with Crippen molar-refractivity contribution in [2.24, 2.45) is 46.3 Å². The summed E-state index contributed by atoms with van der Waals surface area (Å²) in [5.74, 6) is 3.28. The largest absolute Gasteiger partial charge is 0.350 e.